The van der Waals surface area contributed by atoms with E-state index in [2.05, 4.69) is 5.32 Å². The van der Waals surface area contributed by atoms with Crippen LogP contribution in [0.15, 0.2) is 36.4 Å². The Labute approximate surface area is 143 Å². The van der Waals surface area contributed by atoms with Crippen LogP contribution in [-0.2, 0) is 4.79 Å². The standard InChI is InChI=1S/C16H15ClN2O5/c1-10-7-12(4-5-13(10)17)24-9-16(20)18-14-8-11(19(21)22)3-6-15(14)23-2/h3-8H,9H2,1-2H3,(H,18,20). The summed E-state index contributed by atoms with van der Waals surface area (Å²) in [5.74, 6) is 0.343. The first-order chi connectivity index (χ1) is 11.4. The zero-order valence-corrected chi connectivity index (χ0v) is 13.8. The molecule has 1 amide bonds. The molecular weight excluding hydrogens is 336 g/mol. The van der Waals surface area contributed by atoms with Gasteiger partial charge in [0.05, 0.1) is 17.7 Å². The average Bonchev–Trinajstić information content (AvgIpc) is 2.55. The number of carbonyl (C=O) groups excluding carboxylic acids is 1. The smallest absolute Gasteiger partial charge is 0.271 e. The zero-order valence-electron chi connectivity index (χ0n) is 13.0. The van der Waals surface area contributed by atoms with Gasteiger partial charge < -0.3 is 14.8 Å². The Balaban J connectivity index is 2.04. The van der Waals surface area contributed by atoms with Crippen molar-refractivity contribution in [2.45, 2.75) is 6.92 Å². The van der Waals surface area contributed by atoms with E-state index in [1.807, 2.05) is 6.92 Å². The normalized spacial score (nSPS) is 10.1. The van der Waals surface area contributed by atoms with Crippen molar-refractivity contribution in [3.63, 3.8) is 0 Å². The molecule has 0 unspecified atom stereocenters. The van der Waals surface area contributed by atoms with E-state index < -0.39 is 10.8 Å². The van der Waals surface area contributed by atoms with Crippen molar-refractivity contribution in [2.75, 3.05) is 19.0 Å². The molecule has 2 rings (SSSR count). The SMILES string of the molecule is COc1ccc([N+](=O)[O-])cc1NC(=O)COc1ccc(Cl)c(C)c1. The van der Waals surface area contributed by atoms with Crippen LogP contribution in [0.4, 0.5) is 11.4 Å². The number of hydrogen-bond acceptors (Lipinski definition) is 5. The van der Waals surface area contributed by atoms with Gasteiger partial charge in [0.15, 0.2) is 6.61 Å². The molecule has 0 heterocycles. The van der Waals surface area contributed by atoms with E-state index in [4.69, 9.17) is 21.1 Å². The molecule has 0 atom stereocenters. The number of amides is 1. The molecular formula is C16H15ClN2O5. The molecule has 0 aliphatic rings. The summed E-state index contributed by atoms with van der Waals surface area (Å²) in [4.78, 5) is 22.3. The highest BCUT2D eigenvalue weighted by Crippen LogP contribution is 2.29. The number of hydrogen-bond donors (Lipinski definition) is 1. The zero-order chi connectivity index (χ0) is 17.7. The molecule has 7 nitrogen and oxygen atoms in total. The molecule has 0 radical (unpaired) electrons. The molecule has 126 valence electrons. The first kappa shape index (κ1) is 17.6. The second-order valence-electron chi connectivity index (χ2n) is 4.89. The number of non-ortho nitro benzene ring substituents is 1. The highest BCUT2D eigenvalue weighted by molar-refractivity contribution is 6.31. The van der Waals surface area contributed by atoms with Gasteiger partial charge in [-0.05, 0) is 36.8 Å². The third-order valence-electron chi connectivity index (χ3n) is 3.17. The second kappa shape index (κ2) is 7.65. The molecule has 8 heteroatoms. The van der Waals surface area contributed by atoms with Crippen molar-refractivity contribution < 1.29 is 19.2 Å². The number of methoxy groups -OCH3 is 1. The van der Waals surface area contributed by atoms with Gasteiger partial charge in [0.25, 0.3) is 11.6 Å². The Bertz CT molecular complexity index is 779. The lowest BCUT2D eigenvalue weighted by molar-refractivity contribution is -0.384. The summed E-state index contributed by atoms with van der Waals surface area (Å²) in [6.07, 6.45) is 0. The maximum atomic E-state index is 12.0. The van der Waals surface area contributed by atoms with Crippen molar-refractivity contribution in [2.24, 2.45) is 0 Å². The summed E-state index contributed by atoms with van der Waals surface area (Å²) in [7, 11) is 1.41. The van der Waals surface area contributed by atoms with Crippen LogP contribution in [0.3, 0.4) is 0 Å². The van der Waals surface area contributed by atoms with E-state index in [1.54, 1.807) is 18.2 Å². The Morgan fingerprint density at radius 1 is 1.29 bits per heavy atom. The molecule has 0 fully saturated rings. The van der Waals surface area contributed by atoms with Gasteiger partial charge in [0.2, 0.25) is 0 Å². The molecule has 0 aliphatic heterocycles. The van der Waals surface area contributed by atoms with Crippen LogP contribution in [0.1, 0.15) is 5.56 Å². The van der Waals surface area contributed by atoms with Gasteiger partial charge in [-0.25, -0.2) is 0 Å². The van der Waals surface area contributed by atoms with E-state index in [1.165, 1.54) is 25.3 Å². The maximum absolute atomic E-state index is 12.0. The number of benzene rings is 2. The number of halogens is 1. The number of nitrogens with one attached hydrogen (secondary N) is 1. The number of ether oxygens (including phenoxy) is 2. The number of aryl methyl sites for hydroxylation is 1. The third kappa shape index (κ3) is 4.36. The van der Waals surface area contributed by atoms with Gasteiger partial charge in [0.1, 0.15) is 11.5 Å². The Kier molecular flexibility index (Phi) is 5.59. The van der Waals surface area contributed by atoms with E-state index in [9.17, 15) is 14.9 Å². The van der Waals surface area contributed by atoms with Crippen LogP contribution in [0.5, 0.6) is 11.5 Å². The summed E-state index contributed by atoms with van der Waals surface area (Å²) in [6.45, 7) is 1.57. The number of anilines is 1. The monoisotopic (exact) mass is 350 g/mol. The fraction of sp³-hybridized carbons (Fsp3) is 0.188. The molecule has 2 aromatic carbocycles. The van der Waals surface area contributed by atoms with Gasteiger partial charge in [-0.3, -0.25) is 14.9 Å². The topological polar surface area (TPSA) is 90.7 Å². The second-order valence-corrected chi connectivity index (χ2v) is 5.30. The predicted molar refractivity (Wildman–Crippen MR) is 90.0 cm³/mol. The number of nitrogens with zero attached hydrogens (tertiary/aromatic N) is 1. The van der Waals surface area contributed by atoms with Crippen LogP contribution >= 0.6 is 11.6 Å². The van der Waals surface area contributed by atoms with Gasteiger partial charge in [-0.15, -0.1) is 0 Å². The number of nitro benzene ring substituents is 1. The van der Waals surface area contributed by atoms with Crippen LogP contribution in [0.25, 0.3) is 0 Å². The van der Waals surface area contributed by atoms with E-state index in [0.717, 1.165) is 5.56 Å². The van der Waals surface area contributed by atoms with Crippen LogP contribution in [0.2, 0.25) is 5.02 Å². The molecule has 1 N–H and O–H groups in total. The van der Waals surface area contributed by atoms with E-state index >= 15 is 0 Å². The fourth-order valence-electron chi connectivity index (χ4n) is 1.95. The molecule has 0 bridgehead atoms. The predicted octanol–water partition coefficient (Wildman–Crippen LogP) is 3.58. The van der Waals surface area contributed by atoms with Crippen molar-refractivity contribution >= 4 is 28.9 Å². The van der Waals surface area contributed by atoms with Gasteiger partial charge in [-0.2, -0.15) is 0 Å². The molecule has 0 aromatic heterocycles. The maximum Gasteiger partial charge on any atom is 0.271 e. The summed E-state index contributed by atoms with van der Waals surface area (Å²) in [5, 5.41) is 14.0. The summed E-state index contributed by atoms with van der Waals surface area (Å²) in [5.41, 5.74) is 0.878. The molecule has 24 heavy (non-hydrogen) atoms. The fourth-order valence-corrected chi connectivity index (χ4v) is 2.07. The highest BCUT2D eigenvalue weighted by Gasteiger charge is 2.14. The van der Waals surface area contributed by atoms with Crippen molar-refractivity contribution in [3.8, 4) is 11.5 Å². The van der Waals surface area contributed by atoms with Crippen LogP contribution in [0, 0.1) is 17.0 Å². The summed E-state index contributed by atoms with van der Waals surface area (Å²) >= 11 is 5.92. The first-order valence-corrected chi connectivity index (χ1v) is 7.29. The quantitative estimate of drug-likeness (QED) is 0.635. The number of rotatable bonds is 6. The Hall–Kier alpha value is -2.80. The highest BCUT2D eigenvalue weighted by atomic mass is 35.5. The number of nitro groups is 1. The van der Waals surface area contributed by atoms with Crippen molar-refractivity contribution in [1.82, 2.24) is 0 Å². The van der Waals surface area contributed by atoms with E-state index in [0.29, 0.717) is 16.5 Å². The lowest BCUT2D eigenvalue weighted by atomic mass is 10.2. The summed E-state index contributed by atoms with van der Waals surface area (Å²) < 4.78 is 10.5. The summed E-state index contributed by atoms with van der Waals surface area (Å²) in [6, 6.07) is 8.97. The minimum Gasteiger partial charge on any atom is -0.495 e. The molecule has 0 saturated carbocycles. The molecule has 2 aromatic rings. The van der Waals surface area contributed by atoms with Gasteiger partial charge >= 0.3 is 0 Å². The van der Waals surface area contributed by atoms with Crippen molar-refractivity contribution in [1.29, 1.82) is 0 Å². The van der Waals surface area contributed by atoms with Crippen molar-refractivity contribution in [3.05, 3.63) is 57.1 Å². The Morgan fingerprint density at radius 3 is 2.67 bits per heavy atom. The Morgan fingerprint density at radius 2 is 2.04 bits per heavy atom. The molecule has 0 saturated heterocycles. The van der Waals surface area contributed by atoms with Crippen LogP contribution < -0.4 is 14.8 Å². The molecule has 0 aliphatic carbocycles. The van der Waals surface area contributed by atoms with Gasteiger partial charge in [0, 0.05) is 17.2 Å². The van der Waals surface area contributed by atoms with Gasteiger partial charge in [-0.1, -0.05) is 11.6 Å². The lowest BCUT2D eigenvalue weighted by Crippen LogP contribution is -2.20. The minimum absolute atomic E-state index is 0.152. The van der Waals surface area contributed by atoms with Crippen LogP contribution in [-0.4, -0.2) is 24.5 Å². The van der Waals surface area contributed by atoms with E-state index in [-0.39, 0.29) is 18.0 Å². The minimum atomic E-state index is -0.553. The lowest BCUT2D eigenvalue weighted by Gasteiger charge is -2.11. The molecule has 0 spiro atoms. The largest absolute Gasteiger partial charge is 0.495 e. The number of carbonyl (C=O) groups is 1. The average molecular weight is 351 g/mol. The third-order valence-corrected chi connectivity index (χ3v) is 3.59. The first-order valence-electron chi connectivity index (χ1n) is 6.92.